The highest BCUT2D eigenvalue weighted by molar-refractivity contribution is 7.98. The van der Waals surface area contributed by atoms with Crippen molar-refractivity contribution < 1.29 is 4.39 Å². The summed E-state index contributed by atoms with van der Waals surface area (Å²) in [5, 5.41) is 1.61. The van der Waals surface area contributed by atoms with Crippen LogP contribution in [-0.4, -0.2) is 9.55 Å². The van der Waals surface area contributed by atoms with E-state index in [2.05, 4.69) is 4.98 Å². The number of thioether (sulfide) groups is 1. The number of aromatic nitrogens is 2. The third kappa shape index (κ3) is 4.05. The Kier molecular flexibility index (Phi) is 5.45. The molecule has 130 valence electrons. The first kappa shape index (κ1) is 18.0. The Morgan fingerprint density at radius 1 is 1.24 bits per heavy atom. The minimum absolute atomic E-state index is 0.114. The SMILES string of the molecule is CC(C)Cn1c(SCc2ccccc2F)nc2ccc(Cl)cc2c1=O. The third-order valence-electron chi connectivity index (χ3n) is 3.74. The van der Waals surface area contributed by atoms with Crippen LogP contribution in [0.2, 0.25) is 5.02 Å². The first-order valence-electron chi connectivity index (χ1n) is 8.02. The highest BCUT2D eigenvalue weighted by Gasteiger charge is 2.14. The van der Waals surface area contributed by atoms with Crippen LogP contribution < -0.4 is 5.56 Å². The molecule has 0 aliphatic carbocycles. The summed E-state index contributed by atoms with van der Waals surface area (Å²) < 4.78 is 15.5. The van der Waals surface area contributed by atoms with Gasteiger partial charge in [-0.25, -0.2) is 9.37 Å². The summed E-state index contributed by atoms with van der Waals surface area (Å²) in [5.74, 6) is 0.445. The predicted octanol–water partition coefficient (Wildman–Crippen LogP) is 5.14. The zero-order valence-electron chi connectivity index (χ0n) is 14.0. The van der Waals surface area contributed by atoms with E-state index in [4.69, 9.17) is 11.6 Å². The molecule has 0 unspecified atom stereocenters. The summed E-state index contributed by atoms with van der Waals surface area (Å²) in [6.07, 6.45) is 0. The molecule has 25 heavy (non-hydrogen) atoms. The van der Waals surface area contributed by atoms with Gasteiger partial charge in [-0.3, -0.25) is 9.36 Å². The van der Waals surface area contributed by atoms with Crippen LogP contribution >= 0.6 is 23.4 Å². The molecule has 2 aromatic carbocycles. The third-order valence-corrected chi connectivity index (χ3v) is 5.00. The number of fused-ring (bicyclic) bond motifs is 1. The van der Waals surface area contributed by atoms with Crippen LogP contribution in [0, 0.1) is 11.7 Å². The second-order valence-corrected chi connectivity index (χ2v) is 7.62. The van der Waals surface area contributed by atoms with E-state index >= 15 is 0 Å². The van der Waals surface area contributed by atoms with Gasteiger partial charge in [0, 0.05) is 17.3 Å². The monoisotopic (exact) mass is 376 g/mol. The molecule has 0 amide bonds. The van der Waals surface area contributed by atoms with Crippen molar-refractivity contribution in [3.05, 3.63) is 69.2 Å². The average Bonchev–Trinajstić information content (AvgIpc) is 2.57. The molecule has 0 aliphatic heterocycles. The summed E-state index contributed by atoms with van der Waals surface area (Å²) in [5.41, 5.74) is 1.08. The summed E-state index contributed by atoms with van der Waals surface area (Å²) >= 11 is 7.39. The molecule has 0 spiro atoms. The summed E-state index contributed by atoms with van der Waals surface area (Å²) in [7, 11) is 0. The minimum atomic E-state index is -0.250. The van der Waals surface area contributed by atoms with E-state index in [1.807, 2.05) is 13.8 Å². The Labute approximate surface area is 154 Å². The van der Waals surface area contributed by atoms with Crippen LogP contribution in [0.5, 0.6) is 0 Å². The largest absolute Gasteiger partial charge is 0.287 e. The van der Waals surface area contributed by atoms with E-state index in [0.717, 1.165) is 0 Å². The van der Waals surface area contributed by atoms with Crippen LogP contribution in [-0.2, 0) is 12.3 Å². The highest BCUT2D eigenvalue weighted by atomic mass is 35.5. The van der Waals surface area contributed by atoms with E-state index in [1.165, 1.54) is 17.8 Å². The zero-order chi connectivity index (χ0) is 18.0. The number of rotatable bonds is 5. The lowest BCUT2D eigenvalue weighted by Crippen LogP contribution is -2.25. The van der Waals surface area contributed by atoms with Crippen molar-refractivity contribution >= 4 is 34.3 Å². The van der Waals surface area contributed by atoms with Gasteiger partial charge in [0.2, 0.25) is 0 Å². The van der Waals surface area contributed by atoms with Crippen LogP contribution in [0.15, 0.2) is 52.4 Å². The van der Waals surface area contributed by atoms with E-state index in [-0.39, 0.29) is 17.3 Å². The van der Waals surface area contributed by atoms with Crippen LogP contribution in [0.1, 0.15) is 19.4 Å². The number of nitrogens with zero attached hydrogens (tertiary/aromatic N) is 2. The highest BCUT2D eigenvalue weighted by Crippen LogP contribution is 2.25. The van der Waals surface area contributed by atoms with Crippen molar-refractivity contribution in [2.24, 2.45) is 5.92 Å². The Morgan fingerprint density at radius 3 is 2.72 bits per heavy atom. The number of halogens is 2. The second kappa shape index (κ2) is 7.58. The fourth-order valence-corrected chi connectivity index (χ4v) is 3.73. The average molecular weight is 377 g/mol. The van der Waals surface area contributed by atoms with E-state index in [1.54, 1.807) is 41.0 Å². The Hall–Kier alpha value is -1.85. The van der Waals surface area contributed by atoms with E-state index < -0.39 is 0 Å². The fourth-order valence-electron chi connectivity index (χ4n) is 2.57. The first-order chi connectivity index (χ1) is 12.0. The minimum Gasteiger partial charge on any atom is -0.287 e. The van der Waals surface area contributed by atoms with Gasteiger partial charge in [0.15, 0.2) is 5.16 Å². The van der Waals surface area contributed by atoms with Gasteiger partial charge < -0.3 is 0 Å². The number of hydrogen-bond donors (Lipinski definition) is 0. The molecule has 1 heterocycles. The molecular formula is C19H18ClFN2OS. The first-order valence-corrected chi connectivity index (χ1v) is 9.38. The maximum Gasteiger partial charge on any atom is 0.262 e. The molecule has 6 heteroatoms. The standard InChI is InChI=1S/C19H18ClFN2OS/c1-12(2)10-23-18(24)15-9-14(20)7-8-17(15)22-19(23)25-11-13-5-3-4-6-16(13)21/h3-9,12H,10-11H2,1-2H3. The van der Waals surface area contributed by atoms with Crippen molar-refractivity contribution in [1.82, 2.24) is 9.55 Å². The van der Waals surface area contributed by atoms with Crippen LogP contribution in [0.4, 0.5) is 4.39 Å². The Morgan fingerprint density at radius 2 is 2.00 bits per heavy atom. The van der Waals surface area contributed by atoms with Crippen molar-refractivity contribution in [3.63, 3.8) is 0 Å². The molecule has 0 bridgehead atoms. The molecule has 0 saturated carbocycles. The summed E-state index contributed by atoms with van der Waals surface area (Å²) in [4.78, 5) is 17.5. The van der Waals surface area contributed by atoms with Gasteiger partial charge in [-0.15, -0.1) is 0 Å². The molecule has 1 aromatic heterocycles. The molecular weight excluding hydrogens is 359 g/mol. The molecule has 0 atom stereocenters. The van der Waals surface area contributed by atoms with Gasteiger partial charge in [-0.05, 0) is 35.7 Å². The lowest BCUT2D eigenvalue weighted by Gasteiger charge is -2.15. The molecule has 0 aliphatic rings. The molecule has 0 fully saturated rings. The lowest BCUT2D eigenvalue weighted by atomic mass is 10.2. The molecule has 0 N–H and O–H groups in total. The quantitative estimate of drug-likeness (QED) is 0.457. The molecule has 3 nitrogen and oxygen atoms in total. The van der Waals surface area contributed by atoms with Crippen molar-refractivity contribution in [2.75, 3.05) is 0 Å². The molecule has 0 radical (unpaired) electrons. The maximum absolute atomic E-state index is 13.9. The van der Waals surface area contributed by atoms with Crippen molar-refractivity contribution in [3.8, 4) is 0 Å². The van der Waals surface area contributed by atoms with E-state index in [9.17, 15) is 9.18 Å². The number of benzene rings is 2. The van der Waals surface area contributed by atoms with Crippen molar-refractivity contribution in [1.29, 1.82) is 0 Å². The maximum atomic E-state index is 13.9. The number of hydrogen-bond acceptors (Lipinski definition) is 3. The van der Waals surface area contributed by atoms with Gasteiger partial charge >= 0.3 is 0 Å². The molecule has 3 rings (SSSR count). The van der Waals surface area contributed by atoms with Gasteiger partial charge in [0.1, 0.15) is 5.82 Å². The van der Waals surface area contributed by atoms with Crippen LogP contribution in [0.25, 0.3) is 10.9 Å². The normalized spacial score (nSPS) is 11.4. The fraction of sp³-hybridized carbons (Fsp3) is 0.263. The molecule has 0 saturated heterocycles. The van der Waals surface area contributed by atoms with E-state index in [0.29, 0.717) is 38.9 Å². The Balaban J connectivity index is 2.04. The van der Waals surface area contributed by atoms with Crippen molar-refractivity contribution in [2.45, 2.75) is 31.3 Å². The Bertz CT molecular complexity index is 971. The van der Waals surface area contributed by atoms with Gasteiger partial charge in [0.05, 0.1) is 10.9 Å². The zero-order valence-corrected chi connectivity index (χ0v) is 15.6. The van der Waals surface area contributed by atoms with Gasteiger partial charge in [0.25, 0.3) is 5.56 Å². The van der Waals surface area contributed by atoms with Crippen LogP contribution in [0.3, 0.4) is 0 Å². The predicted molar refractivity (Wildman–Crippen MR) is 102 cm³/mol. The second-order valence-electron chi connectivity index (χ2n) is 6.25. The summed E-state index contributed by atoms with van der Waals surface area (Å²) in [6.45, 7) is 4.63. The lowest BCUT2D eigenvalue weighted by molar-refractivity contribution is 0.475. The summed E-state index contributed by atoms with van der Waals surface area (Å²) in [6, 6.07) is 11.8. The van der Waals surface area contributed by atoms with Gasteiger partial charge in [-0.2, -0.15) is 0 Å². The smallest absolute Gasteiger partial charge is 0.262 e. The topological polar surface area (TPSA) is 34.9 Å². The van der Waals surface area contributed by atoms with Gasteiger partial charge in [-0.1, -0.05) is 55.4 Å². The molecule has 3 aromatic rings.